The first-order valence-corrected chi connectivity index (χ1v) is 6.74. The molecule has 1 aromatic carbocycles. The molecule has 0 spiro atoms. The van der Waals surface area contributed by atoms with E-state index in [-0.39, 0.29) is 0 Å². The monoisotopic (exact) mass is 241 g/mol. The van der Waals surface area contributed by atoms with Gasteiger partial charge in [-0.15, -0.1) is 0 Å². The third kappa shape index (κ3) is 2.31. The van der Waals surface area contributed by atoms with Gasteiger partial charge in [0, 0.05) is 24.0 Å². The largest absolute Gasteiger partial charge is 0.328 e. The van der Waals surface area contributed by atoms with Gasteiger partial charge >= 0.3 is 0 Å². The van der Waals surface area contributed by atoms with E-state index in [1.807, 2.05) is 12.3 Å². The van der Waals surface area contributed by atoms with Crippen molar-refractivity contribution in [3.05, 3.63) is 42.7 Å². The number of imidazole rings is 1. The molecular formula is C15H19N3. The van der Waals surface area contributed by atoms with Gasteiger partial charge in [-0.05, 0) is 32.4 Å². The van der Waals surface area contributed by atoms with E-state index >= 15 is 0 Å². The van der Waals surface area contributed by atoms with Crippen molar-refractivity contribution in [2.45, 2.75) is 25.3 Å². The summed E-state index contributed by atoms with van der Waals surface area (Å²) in [5, 5.41) is 3.46. The minimum atomic E-state index is 0.581. The molecule has 1 aliphatic heterocycles. The molecule has 1 aliphatic rings. The highest BCUT2D eigenvalue weighted by Gasteiger charge is 2.17. The maximum Gasteiger partial charge on any atom is 0.140 e. The maximum atomic E-state index is 4.53. The second-order valence-corrected chi connectivity index (χ2v) is 4.86. The van der Waals surface area contributed by atoms with Crippen LogP contribution in [0.15, 0.2) is 42.7 Å². The molecule has 1 unspecified atom stereocenters. The van der Waals surface area contributed by atoms with Crippen molar-refractivity contribution in [2.75, 3.05) is 13.1 Å². The Labute approximate surface area is 108 Å². The molecule has 0 aliphatic carbocycles. The van der Waals surface area contributed by atoms with Gasteiger partial charge in [-0.3, -0.25) is 0 Å². The molecule has 1 fully saturated rings. The van der Waals surface area contributed by atoms with E-state index in [9.17, 15) is 0 Å². The lowest BCUT2D eigenvalue weighted by molar-refractivity contribution is 0.458. The van der Waals surface area contributed by atoms with Crippen molar-refractivity contribution in [1.82, 2.24) is 14.9 Å². The highest BCUT2D eigenvalue weighted by molar-refractivity contribution is 5.55. The average Bonchev–Trinajstić information content (AvgIpc) is 2.75. The van der Waals surface area contributed by atoms with Gasteiger partial charge in [0.1, 0.15) is 5.82 Å². The lowest BCUT2D eigenvalue weighted by atomic mass is 10.1. The Hall–Kier alpha value is -1.61. The van der Waals surface area contributed by atoms with Gasteiger partial charge in [-0.1, -0.05) is 30.3 Å². The summed E-state index contributed by atoms with van der Waals surface area (Å²) in [5.74, 6) is 1.10. The van der Waals surface area contributed by atoms with Gasteiger partial charge in [-0.25, -0.2) is 4.98 Å². The molecule has 2 heterocycles. The van der Waals surface area contributed by atoms with Gasteiger partial charge in [0.05, 0.1) is 0 Å². The quantitative estimate of drug-likeness (QED) is 0.876. The van der Waals surface area contributed by atoms with E-state index in [0.717, 1.165) is 18.9 Å². The van der Waals surface area contributed by atoms with Gasteiger partial charge in [0.25, 0.3) is 0 Å². The van der Waals surface area contributed by atoms with Crippen LogP contribution in [0, 0.1) is 0 Å². The van der Waals surface area contributed by atoms with E-state index in [1.54, 1.807) is 0 Å². The van der Waals surface area contributed by atoms with Gasteiger partial charge < -0.3 is 9.88 Å². The van der Waals surface area contributed by atoms with Crippen molar-refractivity contribution in [3.63, 3.8) is 0 Å². The molecule has 1 atom stereocenters. The Morgan fingerprint density at radius 1 is 1.11 bits per heavy atom. The first-order valence-electron chi connectivity index (χ1n) is 6.74. The third-order valence-corrected chi connectivity index (χ3v) is 3.64. The van der Waals surface area contributed by atoms with Crippen LogP contribution in [-0.4, -0.2) is 22.6 Å². The molecule has 1 aromatic heterocycles. The Balaban J connectivity index is 1.91. The lowest BCUT2D eigenvalue weighted by Crippen LogP contribution is -2.15. The van der Waals surface area contributed by atoms with Crippen LogP contribution < -0.4 is 5.32 Å². The number of aromatic nitrogens is 2. The zero-order valence-electron chi connectivity index (χ0n) is 10.5. The lowest BCUT2D eigenvalue weighted by Gasteiger charge is -2.18. The van der Waals surface area contributed by atoms with E-state index in [4.69, 9.17) is 0 Å². The summed E-state index contributed by atoms with van der Waals surface area (Å²) in [6.07, 6.45) is 7.72. The van der Waals surface area contributed by atoms with Crippen LogP contribution in [0.5, 0.6) is 0 Å². The van der Waals surface area contributed by atoms with Gasteiger partial charge in [0.2, 0.25) is 0 Å². The second-order valence-electron chi connectivity index (χ2n) is 4.86. The minimum absolute atomic E-state index is 0.581. The molecular weight excluding hydrogens is 222 g/mol. The van der Waals surface area contributed by atoms with Gasteiger partial charge in [-0.2, -0.15) is 0 Å². The summed E-state index contributed by atoms with van der Waals surface area (Å²) in [6, 6.07) is 11.0. The zero-order chi connectivity index (χ0) is 12.2. The van der Waals surface area contributed by atoms with Crippen LogP contribution >= 0.6 is 0 Å². The van der Waals surface area contributed by atoms with Crippen molar-refractivity contribution >= 4 is 0 Å². The predicted octanol–water partition coefficient (Wildman–Crippen LogP) is 2.86. The molecule has 3 nitrogen and oxygen atoms in total. The summed E-state index contributed by atoms with van der Waals surface area (Å²) in [6.45, 7) is 2.25. The molecule has 0 saturated carbocycles. The second kappa shape index (κ2) is 5.36. The molecule has 3 rings (SSSR count). The highest BCUT2D eigenvalue weighted by Crippen LogP contribution is 2.26. The van der Waals surface area contributed by atoms with Crippen LogP contribution in [0.2, 0.25) is 0 Å². The SMILES string of the molecule is c1ccc(-c2nccn2C2CCCNCC2)cc1. The van der Waals surface area contributed by atoms with Gasteiger partial charge in [0.15, 0.2) is 0 Å². The smallest absolute Gasteiger partial charge is 0.140 e. The van der Waals surface area contributed by atoms with Crippen molar-refractivity contribution in [3.8, 4) is 11.4 Å². The van der Waals surface area contributed by atoms with Crippen molar-refractivity contribution < 1.29 is 0 Å². The molecule has 2 aromatic rings. The highest BCUT2D eigenvalue weighted by atomic mass is 15.1. The summed E-state index contributed by atoms with van der Waals surface area (Å²) in [5.41, 5.74) is 1.21. The van der Waals surface area contributed by atoms with E-state index in [1.165, 1.54) is 24.8 Å². The van der Waals surface area contributed by atoms with E-state index in [2.05, 4.69) is 45.3 Å². The molecule has 1 saturated heterocycles. The number of benzene rings is 1. The predicted molar refractivity (Wildman–Crippen MR) is 73.4 cm³/mol. The standard InChI is InChI=1S/C15H19N3/c1-2-5-13(6-3-1)15-17-11-12-18(15)14-7-4-9-16-10-8-14/h1-3,5-6,11-12,14,16H,4,7-10H2. The number of hydrogen-bond acceptors (Lipinski definition) is 2. The molecule has 1 N–H and O–H groups in total. The number of hydrogen-bond donors (Lipinski definition) is 1. The first-order chi connectivity index (χ1) is 8.95. The van der Waals surface area contributed by atoms with Crippen molar-refractivity contribution in [1.29, 1.82) is 0 Å². The van der Waals surface area contributed by atoms with E-state index < -0.39 is 0 Å². The fourth-order valence-electron chi connectivity index (χ4n) is 2.70. The number of nitrogens with zero attached hydrogens (tertiary/aromatic N) is 2. The fraction of sp³-hybridized carbons (Fsp3) is 0.400. The molecule has 0 radical (unpaired) electrons. The maximum absolute atomic E-state index is 4.53. The molecule has 94 valence electrons. The summed E-state index contributed by atoms with van der Waals surface area (Å²) >= 11 is 0. The Kier molecular flexibility index (Phi) is 3.42. The summed E-state index contributed by atoms with van der Waals surface area (Å²) < 4.78 is 2.35. The Morgan fingerprint density at radius 2 is 2.00 bits per heavy atom. The normalized spacial score (nSPS) is 20.6. The third-order valence-electron chi connectivity index (χ3n) is 3.64. The summed E-state index contributed by atoms with van der Waals surface area (Å²) in [4.78, 5) is 4.53. The van der Waals surface area contributed by atoms with Crippen LogP contribution in [-0.2, 0) is 0 Å². The molecule has 18 heavy (non-hydrogen) atoms. The van der Waals surface area contributed by atoms with Crippen LogP contribution in [0.25, 0.3) is 11.4 Å². The molecule has 3 heteroatoms. The van der Waals surface area contributed by atoms with Crippen LogP contribution in [0.4, 0.5) is 0 Å². The van der Waals surface area contributed by atoms with Crippen LogP contribution in [0.3, 0.4) is 0 Å². The van der Waals surface area contributed by atoms with E-state index in [0.29, 0.717) is 6.04 Å². The molecule has 0 amide bonds. The molecule has 0 bridgehead atoms. The fourth-order valence-corrected chi connectivity index (χ4v) is 2.70. The Bertz CT molecular complexity index is 481. The average molecular weight is 241 g/mol. The topological polar surface area (TPSA) is 29.9 Å². The summed E-state index contributed by atoms with van der Waals surface area (Å²) in [7, 11) is 0. The van der Waals surface area contributed by atoms with Crippen LogP contribution in [0.1, 0.15) is 25.3 Å². The first kappa shape index (κ1) is 11.5. The Morgan fingerprint density at radius 3 is 2.89 bits per heavy atom. The minimum Gasteiger partial charge on any atom is -0.328 e. The number of rotatable bonds is 2. The van der Waals surface area contributed by atoms with Crippen molar-refractivity contribution in [2.24, 2.45) is 0 Å². The zero-order valence-corrected chi connectivity index (χ0v) is 10.5. The number of nitrogens with one attached hydrogen (secondary N) is 1.